The third kappa shape index (κ3) is 2.56. The molecule has 0 bridgehead atoms. The average Bonchev–Trinajstić information content (AvgIpc) is 3.04. The van der Waals surface area contributed by atoms with Gasteiger partial charge in [-0.05, 0) is 56.0 Å². The van der Waals surface area contributed by atoms with Gasteiger partial charge in [0.05, 0.1) is 4.88 Å². The number of nitrogens with zero attached hydrogens (tertiary/aromatic N) is 1. The molecular formula is C16H19FN2OS. The van der Waals surface area contributed by atoms with Crippen molar-refractivity contribution < 1.29 is 9.18 Å². The Morgan fingerprint density at radius 3 is 3.10 bits per heavy atom. The zero-order valence-corrected chi connectivity index (χ0v) is 13.1. The summed E-state index contributed by atoms with van der Waals surface area (Å²) in [5.74, 6) is -0.163. The van der Waals surface area contributed by atoms with E-state index in [-0.39, 0.29) is 17.8 Å². The molecule has 1 aromatic carbocycles. The van der Waals surface area contributed by atoms with Crippen LogP contribution in [0.2, 0.25) is 0 Å². The molecular weight excluding hydrogens is 287 g/mol. The van der Waals surface area contributed by atoms with Gasteiger partial charge in [0.15, 0.2) is 0 Å². The topological polar surface area (TPSA) is 32.3 Å². The lowest BCUT2D eigenvalue weighted by molar-refractivity contribution is 0.0741. The molecule has 1 fully saturated rings. The lowest BCUT2D eigenvalue weighted by atomic mass is 10.1. The van der Waals surface area contributed by atoms with Crippen molar-refractivity contribution in [1.29, 1.82) is 0 Å². The van der Waals surface area contributed by atoms with Crippen molar-refractivity contribution >= 4 is 27.3 Å². The van der Waals surface area contributed by atoms with E-state index in [1.807, 2.05) is 18.9 Å². The maximum atomic E-state index is 13.4. The Bertz CT molecular complexity index is 682. The SMILES string of the molecule is CNCC1CCCN1C(=O)c1sc2ccc(F)cc2c1C. The highest BCUT2D eigenvalue weighted by atomic mass is 32.1. The third-order valence-corrected chi connectivity index (χ3v) is 5.43. The second-order valence-electron chi connectivity index (χ2n) is 5.55. The second kappa shape index (κ2) is 5.73. The summed E-state index contributed by atoms with van der Waals surface area (Å²) < 4.78 is 14.4. The molecule has 2 aromatic rings. The molecule has 3 rings (SSSR count). The molecule has 1 atom stereocenters. The number of hydrogen-bond acceptors (Lipinski definition) is 3. The molecule has 1 saturated heterocycles. The van der Waals surface area contributed by atoms with Gasteiger partial charge in [-0.3, -0.25) is 4.79 Å². The van der Waals surface area contributed by atoms with Gasteiger partial charge in [0.1, 0.15) is 5.82 Å². The van der Waals surface area contributed by atoms with Crippen LogP contribution >= 0.6 is 11.3 Å². The van der Waals surface area contributed by atoms with E-state index in [0.717, 1.165) is 46.5 Å². The maximum absolute atomic E-state index is 13.4. The summed E-state index contributed by atoms with van der Waals surface area (Å²) in [6.45, 7) is 3.55. The van der Waals surface area contributed by atoms with Gasteiger partial charge >= 0.3 is 0 Å². The molecule has 1 aliphatic rings. The Hall–Kier alpha value is -1.46. The highest BCUT2D eigenvalue weighted by molar-refractivity contribution is 7.21. The first kappa shape index (κ1) is 14.5. The fourth-order valence-corrected chi connectivity index (χ4v) is 4.22. The summed E-state index contributed by atoms with van der Waals surface area (Å²) >= 11 is 1.47. The van der Waals surface area contributed by atoms with Gasteiger partial charge in [-0.25, -0.2) is 4.39 Å². The minimum atomic E-state index is -0.253. The summed E-state index contributed by atoms with van der Waals surface area (Å²) in [7, 11) is 1.91. The first-order valence-electron chi connectivity index (χ1n) is 7.26. The number of likely N-dealkylation sites (N-methyl/N-ethyl adjacent to an activating group) is 1. The molecule has 2 heterocycles. The van der Waals surface area contributed by atoms with Crippen molar-refractivity contribution in [3.63, 3.8) is 0 Å². The Balaban J connectivity index is 1.96. The van der Waals surface area contributed by atoms with Crippen LogP contribution in [0.15, 0.2) is 18.2 Å². The molecule has 112 valence electrons. The summed E-state index contributed by atoms with van der Waals surface area (Å²) in [4.78, 5) is 15.5. The molecule has 0 spiro atoms. The van der Waals surface area contributed by atoms with Crippen LogP contribution in [-0.2, 0) is 0 Å². The first-order valence-corrected chi connectivity index (χ1v) is 8.07. The van der Waals surface area contributed by atoms with Crippen LogP contribution in [0.3, 0.4) is 0 Å². The predicted octanol–water partition coefficient (Wildman–Crippen LogP) is 3.17. The minimum Gasteiger partial charge on any atom is -0.334 e. The predicted molar refractivity (Wildman–Crippen MR) is 84.5 cm³/mol. The molecule has 1 N–H and O–H groups in total. The zero-order valence-electron chi connectivity index (χ0n) is 12.3. The highest BCUT2D eigenvalue weighted by Crippen LogP contribution is 2.33. The number of amides is 1. The van der Waals surface area contributed by atoms with Gasteiger partial charge < -0.3 is 10.2 Å². The van der Waals surface area contributed by atoms with Crippen LogP contribution in [0.25, 0.3) is 10.1 Å². The molecule has 0 radical (unpaired) electrons. The number of carbonyl (C=O) groups excluding carboxylic acids is 1. The second-order valence-corrected chi connectivity index (χ2v) is 6.60. The van der Waals surface area contributed by atoms with Crippen molar-refractivity contribution in [1.82, 2.24) is 10.2 Å². The van der Waals surface area contributed by atoms with Gasteiger partial charge in [0.2, 0.25) is 0 Å². The van der Waals surface area contributed by atoms with Crippen molar-refractivity contribution in [2.45, 2.75) is 25.8 Å². The fourth-order valence-electron chi connectivity index (χ4n) is 3.08. The van der Waals surface area contributed by atoms with Crippen molar-refractivity contribution in [3.8, 4) is 0 Å². The molecule has 1 aromatic heterocycles. The van der Waals surface area contributed by atoms with Gasteiger partial charge in [-0.2, -0.15) is 0 Å². The fraction of sp³-hybridized carbons (Fsp3) is 0.438. The Morgan fingerprint density at radius 2 is 2.33 bits per heavy atom. The molecule has 3 nitrogen and oxygen atoms in total. The lowest BCUT2D eigenvalue weighted by Crippen LogP contribution is -2.40. The molecule has 1 amide bonds. The highest BCUT2D eigenvalue weighted by Gasteiger charge is 2.30. The van der Waals surface area contributed by atoms with Gasteiger partial charge in [0, 0.05) is 23.8 Å². The lowest BCUT2D eigenvalue weighted by Gasteiger charge is -2.24. The Morgan fingerprint density at radius 1 is 1.52 bits per heavy atom. The van der Waals surface area contributed by atoms with E-state index in [4.69, 9.17) is 0 Å². The third-order valence-electron chi connectivity index (χ3n) is 4.17. The van der Waals surface area contributed by atoms with Crippen molar-refractivity contribution in [2.75, 3.05) is 20.1 Å². The van der Waals surface area contributed by atoms with E-state index >= 15 is 0 Å². The number of fused-ring (bicyclic) bond motifs is 1. The zero-order chi connectivity index (χ0) is 15.0. The Kier molecular flexibility index (Phi) is 3.95. The molecule has 0 aliphatic carbocycles. The number of halogens is 1. The van der Waals surface area contributed by atoms with Crippen LogP contribution in [0.5, 0.6) is 0 Å². The van der Waals surface area contributed by atoms with E-state index in [0.29, 0.717) is 0 Å². The minimum absolute atomic E-state index is 0.0897. The van der Waals surface area contributed by atoms with Crippen LogP contribution in [0.4, 0.5) is 4.39 Å². The summed E-state index contributed by atoms with van der Waals surface area (Å²) in [5.41, 5.74) is 0.898. The van der Waals surface area contributed by atoms with E-state index in [1.165, 1.54) is 23.5 Å². The monoisotopic (exact) mass is 306 g/mol. The maximum Gasteiger partial charge on any atom is 0.264 e. The van der Waals surface area contributed by atoms with E-state index < -0.39 is 0 Å². The van der Waals surface area contributed by atoms with E-state index in [1.54, 1.807) is 6.07 Å². The van der Waals surface area contributed by atoms with Gasteiger partial charge in [0.25, 0.3) is 5.91 Å². The first-order chi connectivity index (χ1) is 10.1. The standard InChI is InChI=1S/C16H19FN2OS/c1-10-13-8-11(17)5-6-14(13)21-15(10)16(20)19-7-3-4-12(19)9-18-2/h5-6,8,12,18H,3-4,7,9H2,1-2H3. The number of carbonyl (C=O) groups is 1. The number of likely N-dealkylation sites (tertiary alicyclic amines) is 1. The molecule has 0 saturated carbocycles. The summed E-state index contributed by atoms with van der Waals surface area (Å²) in [5, 5.41) is 4.01. The number of hydrogen-bond donors (Lipinski definition) is 1. The van der Waals surface area contributed by atoms with Gasteiger partial charge in [-0.1, -0.05) is 0 Å². The number of aryl methyl sites for hydroxylation is 1. The number of rotatable bonds is 3. The normalized spacial score (nSPS) is 18.6. The molecule has 21 heavy (non-hydrogen) atoms. The van der Waals surface area contributed by atoms with E-state index in [9.17, 15) is 9.18 Å². The number of benzene rings is 1. The smallest absolute Gasteiger partial charge is 0.264 e. The largest absolute Gasteiger partial charge is 0.334 e. The summed E-state index contributed by atoms with van der Waals surface area (Å²) in [6, 6.07) is 5.00. The summed E-state index contributed by atoms with van der Waals surface area (Å²) in [6.07, 6.45) is 2.10. The van der Waals surface area contributed by atoms with Gasteiger partial charge in [-0.15, -0.1) is 11.3 Å². The van der Waals surface area contributed by atoms with Crippen molar-refractivity contribution in [2.24, 2.45) is 0 Å². The molecule has 5 heteroatoms. The van der Waals surface area contributed by atoms with Crippen LogP contribution in [-0.4, -0.2) is 37.0 Å². The number of thiophene rings is 1. The van der Waals surface area contributed by atoms with Crippen molar-refractivity contribution in [3.05, 3.63) is 34.5 Å². The Labute approximate surface area is 127 Å². The average molecular weight is 306 g/mol. The van der Waals surface area contributed by atoms with E-state index in [2.05, 4.69) is 5.32 Å². The van der Waals surface area contributed by atoms with Crippen LogP contribution < -0.4 is 5.32 Å². The molecule has 1 unspecified atom stereocenters. The number of nitrogens with one attached hydrogen (secondary N) is 1. The quantitative estimate of drug-likeness (QED) is 0.944. The van der Waals surface area contributed by atoms with Crippen LogP contribution in [0.1, 0.15) is 28.1 Å². The molecule has 1 aliphatic heterocycles. The van der Waals surface area contributed by atoms with Crippen LogP contribution in [0, 0.1) is 12.7 Å².